The van der Waals surface area contributed by atoms with Crippen molar-refractivity contribution in [3.05, 3.63) is 48.4 Å². The van der Waals surface area contributed by atoms with Gasteiger partial charge in [-0.15, -0.1) is 0 Å². The highest BCUT2D eigenvalue weighted by Gasteiger charge is 2.31. The Hall–Kier alpha value is -4.19. The molecular weight excluding hydrogens is 440 g/mol. The lowest BCUT2D eigenvalue weighted by Crippen LogP contribution is -2.41. The molecule has 0 unspecified atom stereocenters. The van der Waals surface area contributed by atoms with E-state index in [1.807, 2.05) is 29.9 Å². The lowest BCUT2D eigenvalue weighted by molar-refractivity contribution is -0.128. The van der Waals surface area contributed by atoms with Crippen LogP contribution in [0.15, 0.2) is 48.4 Å². The van der Waals surface area contributed by atoms with Gasteiger partial charge in [-0.3, -0.25) is 4.79 Å². The number of nitrogen functional groups attached to an aromatic ring is 1. The Morgan fingerprint density at radius 2 is 2.06 bits per heavy atom. The molecule has 1 saturated heterocycles. The predicted molar refractivity (Wildman–Crippen MR) is 133 cm³/mol. The van der Waals surface area contributed by atoms with Crippen LogP contribution in [0.4, 0.5) is 5.82 Å². The number of para-hydroxylation sites is 1. The Morgan fingerprint density at radius 1 is 1.23 bits per heavy atom. The second-order valence-electron chi connectivity index (χ2n) is 9.50. The van der Waals surface area contributed by atoms with Crippen molar-refractivity contribution < 1.29 is 4.79 Å². The molecule has 0 radical (unpaired) electrons. The normalized spacial score (nSPS) is 18.8. The van der Waals surface area contributed by atoms with E-state index in [-0.39, 0.29) is 17.5 Å². The minimum atomic E-state index is -0.191. The minimum absolute atomic E-state index is 0.0749. The Morgan fingerprint density at radius 3 is 2.86 bits per heavy atom. The number of hydrogen-bond donors (Lipinski definition) is 1. The standard InChI is InChI=1S/C26H26N8O/c1-32-14-20(19-6-2-3-7-21(19)32)23-22-24(28)29-15-30-25(22)34(31-23)18-5-4-10-33(13-18)26(35)17(12-27)11-16-8-9-16/h2-3,6-7,11,14-16,18H,4-5,8-10,13H2,1H3,(H2,28,29,30)/b17-11+/t18-/m0/s1. The number of nitrogens with two attached hydrogens (primary N) is 1. The number of allylic oxidation sites excluding steroid dienone is 1. The lowest BCUT2D eigenvalue weighted by Gasteiger charge is -2.32. The number of nitriles is 1. The van der Waals surface area contributed by atoms with E-state index in [2.05, 4.69) is 38.9 Å². The van der Waals surface area contributed by atoms with E-state index in [0.717, 1.165) is 53.2 Å². The van der Waals surface area contributed by atoms with Gasteiger partial charge in [0.05, 0.1) is 11.4 Å². The van der Waals surface area contributed by atoms with E-state index >= 15 is 0 Å². The average molecular weight is 467 g/mol. The van der Waals surface area contributed by atoms with Gasteiger partial charge in [0.15, 0.2) is 5.65 Å². The van der Waals surface area contributed by atoms with Crippen LogP contribution in [0.3, 0.4) is 0 Å². The Labute approximate surface area is 202 Å². The van der Waals surface area contributed by atoms with Gasteiger partial charge in [0.25, 0.3) is 5.91 Å². The van der Waals surface area contributed by atoms with Gasteiger partial charge < -0.3 is 15.2 Å². The molecule has 1 amide bonds. The van der Waals surface area contributed by atoms with E-state index in [1.54, 1.807) is 4.90 Å². The highest BCUT2D eigenvalue weighted by Crippen LogP contribution is 2.38. The number of rotatable bonds is 4. The Balaban J connectivity index is 1.42. The molecule has 1 atom stereocenters. The molecule has 176 valence electrons. The number of amides is 1. The van der Waals surface area contributed by atoms with Crippen molar-refractivity contribution in [2.75, 3.05) is 18.8 Å². The van der Waals surface area contributed by atoms with Gasteiger partial charge >= 0.3 is 0 Å². The van der Waals surface area contributed by atoms with Gasteiger partial charge in [-0.05, 0) is 37.7 Å². The molecule has 0 bridgehead atoms. The number of likely N-dealkylation sites (tertiary alicyclic amines) is 1. The summed E-state index contributed by atoms with van der Waals surface area (Å²) in [5, 5.41) is 16.4. The maximum Gasteiger partial charge on any atom is 0.264 e. The van der Waals surface area contributed by atoms with Gasteiger partial charge in [0, 0.05) is 42.8 Å². The number of piperidine rings is 1. The monoisotopic (exact) mass is 466 g/mol. The fourth-order valence-electron chi connectivity index (χ4n) is 5.13. The second kappa shape index (κ2) is 8.24. The third-order valence-electron chi connectivity index (χ3n) is 7.08. The molecule has 9 heteroatoms. The number of aromatic nitrogens is 5. The highest BCUT2D eigenvalue weighted by atomic mass is 16.2. The summed E-state index contributed by atoms with van der Waals surface area (Å²) in [6.45, 7) is 1.10. The van der Waals surface area contributed by atoms with Crippen LogP contribution in [0, 0.1) is 17.2 Å². The SMILES string of the molecule is Cn1cc(-c2nn([C@H]3CCCN(C(=O)/C(C#N)=C/C4CC4)C3)c3ncnc(N)c23)c2ccccc21. The van der Waals surface area contributed by atoms with Crippen LogP contribution >= 0.6 is 0 Å². The molecular formula is C26H26N8O. The second-order valence-corrected chi connectivity index (χ2v) is 9.50. The van der Waals surface area contributed by atoms with Crippen molar-refractivity contribution in [2.45, 2.75) is 31.7 Å². The predicted octanol–water partition coefficient (Wildman–Crippen LogP) is 3.59. The number of hydrogen-bond acceptors (Lipinski definition) is 6. The molecule has 2 fully saturated rings. The van der Waals surface area contributed by atoms with Crippen LogP contribution < -0.4 is 5.73 Å². The topological polar surface area (TPSA) is 119 Å². The average Bonchev–Trinajstić information content (AvgIpc) is 3.53. The van der Waals surface area contributed by atoms with Gasteiger partial charge in [-0.2, -0.15) is 10.4 Å². The molecule has 0 spiro atoms. The zero-order valence-corrected chi connectivity index (χ0v) is 19.6. The fraction of sp³-hybridized carbons (Fsp3) is 0.346. The number of carbonyl (C=O) groups is 1. The number of aryl methyl sites for hydroxylation is 1. The molecule has 2 aliphatic rings. The van der Waals surface area contributed by atoms with Crippen LogP contribution in [0.25, 0.3) is 33.2 Å². The summed E-state index contributed by atoms with van der Waals surface area (Å²) < 4.78 is 3.98. The van der Waals surface area contributed by atoms with E-state index in [4.69, 9.17) is 10.8 Å². The third-order valence-corrected chi connectivity index (χ3v) is 7.08. The molecule has 4 aromatic rings. The highest BCUT2D eigenvalue weighted by molar-refractivity contribution is 6.05. The van der Waals surface area contributed by atoms with E-state index in [0.29, 0.717) is 30.5 Å². The molecule has 6 rings (SSSR count). The maximum atomic E-state index is 13.1. The van der Waals surface area contributed by atoms with E-state index in [1.165, 1.54) is 6.33 Å². The number of anilines is 1. The quantitative estimate of drug-likeness (QED) is 0.363. The zero-order chi connectivity index (χ0) is 24.1. The molecule has 9 nitrogen and oxygen atoms in total. The van der Waals surface area contributed by atoms with Crippen molar-refractivity contribution in [3.63, 3.8) is 0 Å². The number of fused-ring (bicyclic) bond motifs is 2. The van der Waals surface area contributed by atoms with Crippen molar-refractivity contribution in [2.24, 2.45) is 13.0 Å². The summed E-state index contributed by atoms with van der Waals surface area (Å²) in [5.41, 5.74) is 10.1. The Kier molecular flexibility index (Phi) is 5.02. The van der Waals surface area contributed by atoms with Crippen LogP contribution in [-0.4, -0.2) is 48.2 Å². The molecule has 35 heavy (non-hydrogen) atoms. The van der Waals surface area contributed by atoms with E-state index in [9.17, 15) is 10.1 Å². The fourth-order valence-corrected chi connectivity index (χ4v) is 5.13. The van der Waals surface area contributed by atoms with Gasteiger partial charge in [0.2, 0.25) is 0 Å². The first-order valence-corrected chi connectivity index (χ1v) is 12.0. The van der Waals surface area contributed by atoms with Gasteiger partial charge in [0.1, 0.15) is 29.5 Å². The molecule has 4 heterocycles. The molecule has 1 aromatic carbocycles. The first-order chi connectivity index (χ1) is 17.0. The van der Waals surface area contributed by atoms with Crippen LogP contribution in [0.1, 0.15) is 31.7 Å². The summed E-state index contributed by atoms with van der Waals surface area (Å²) in [6, 6.07) is 10.2. The first kappa shape index (κ1) is 21.4. The van der Waals surface area contributed by atoms with E-state index < -0.39 is 0 Å². The summed E-state index contributed by atoms with van der Waals surface area (Å²) in [6.07, 6.45) is 9.14. The summed E-state index contributed by atoms with van der Waals surface area (Å²) >= 11 is 0. The van der Waals surface area contributed by atoms with Crippen molar-refractivity contribution in [3.8, 4) is 17.3 Å². The minimum Gasteiger partial charge on any atom is -0.383 e. The number of benzene rings is 1. The molecule has 2 N–H and O–H groups in total. The van der Waals surface area contributed by atoms with Crippen LogP contribution in [0.2, 0.25) is 0 Å². The number of nitrogens with zero attached hydrogens (tertiary/aromatic N) is 7. The van der Waals surface area contributed by atoms with Crippen molar-refractivity contribution in [1.82, 2.24) is 29.2 Å². The molecule has 1 aliphatic heterocycles. The largest absolute Gasteiger partial charge is 0.383 e. The van der Waals surface area contributed by atoms with Gasteiger partial charge in [-0.25, -0.2) is 14.6 Å². The zero-order valence-electron chi connectivity index (χ0n) is 19.6. The maximum absolute atomic E-state index is 13.1. The van der Waals surface area contributed by atoms with Crippen molar-refractivity contribution in [1.29, 1.82) is 5.26 Å². The van der Waals surface area contributed by atoms with Crippen LogP contribution in [-0.2, 0) is 11.8 Å². The molecule has 1 aliphatic carbocycles. The smallest absolute Gasteiger partial charge is 0.264 e. The summed E-state index contributed by atoms with van der Waals surface area (Å²) in [4.78, 5) is 23.7. The third kappa shape index (κ3) is 3.62. The van der Waals surface area contributed by atoms with Crippen LogP contribution in [0.5, 0.6) is 0 Å². The summed E-state index contributed by atoms with van der Waals surface area (Å²) in [7, 11) is 2.01. The number of carbonyl (C=O) groups excluding carboxylic acids is 1. The summed E-state index contributed by atoms with van der Waals surface area (Å²) in [5.74, 6) is 0.559. The lowest BCUT2D eigenvalue weighted by atomic mass is 10.0. The first-order valence-electron chi connectivity index (χ1n) is 12.0. The van der Waals surface area contributed by atoms with Gasteiger partial charge in [-0.1, -0.05) is 24.3 Å². The Bertz CT molecular complexity index is 1530. The molecule has 1 saturated carbocycles. The molecule has 3 aromatic heterocycles. The van der Waals surface area contributed by atoms with Crippen molar-refractivity contribution >= 4 is 33.7 Å².